The fourth-order valence-electron chi connectivity index (χ4n) is 1.21. The van der Waals surface area contributed by atoms with E-state index in [0.29, 0.717) is 0 Å². The van der Waals surface area contributed by atoms with E-state index in [1.54, 1.807) is 6.20 Å². The predicted molar refractivity (Wildman–Crippen MR) is 43.1 cm³/mol. The second-order valence-corrected chi connectivity index (χ2v) is 2.61. The van der Waals surface area contributed by atoms with E-state index in [-0.39, 0.29) is 0 Å². The van der Waals surface area contributed by atoms with Gasteiger partial charge in [0.25, 0.3) is 0 Å². The third-order valence-electron chi connectivity index (χ3n) is 1.79. The molecule has 11 heavy (non-hydrogen) atoms. The summed E-state index contributed by atoms with van der Waals surface area (Å²) < 4.78 is 0. The van der Waals surface area contributed by atoms with Gasteiger partial charge in [0.15, 0.2) is 5.69 Å². The monoisotopic (exact) mass is 148 g/mol. The number of aromatic nitrogens is 2. The normalized spacial score (nSPS) is 14.8. The molecular formula is C8H10N3+. The van der Waals surface area contributed by atoms with Crippen LogP contribution >= 0.6 is 0 Å². The second kappa shape index (κ2) is 2.34. The Morgan fingerprint density at radius 1 is 1.64 bits per heavy atom. The van der Waals surface area contributed by atoms with Gasteiger partial charge in [0.05, 0.1) is 13.2 Å². The van der Waals surface area contributed by atoms with Crippen LogP contribution in [0.2, 0.25) is 0 Å². The van der Waals surface area contributed by atoms with E-state index in [9.17, 15) is 0 Å². The van der Waals surface area contributed by atoms with Crippen molar-refractivity contribution < 1.29 is 4.98 Å². The van der Waals surface area contributed by atoms with Crippen molar-refractivity contribution in [1.82, 2.24) is 4.98 Å². The number of hydrogen-bond donors (Lipinski definition) is 0. The van der Waals surface area contributed by atoms with Crippen molar-refractivity contribution >= 4 is 11.9 Å². The van der Waals surface area contributed by atoms with E-state index < -0.39 is 0 Å². The summed E-state index contributed by atoms with van der Waals surface area (Å²) in [7, 11) is 2.04. The maximum absolute atomic E-state index is 4.21. The average Bonchev–Trinajstić information content (AvgIpc) is 2.06. The highest BCUT2D eigenvalue weighted by atomic mass is 15.2. The van der Waals surface area contributed by atoms with Gasteiger partial charge >= 0.3 is 5.82 Å². The Labute approximate surface area is 65.4 Å². The molecule has 3 nitrogen and oxygen atoms in total. The van der Waals surface area contributed by atoms with Crippen molar-refractivity contribution in [2.75, 3.05) is 18.5 Å². The molecule has 0 bridgehead atoms. The van der Waals surface area contributed by atoms with Crippen LogP contribution in [-0.2, 0) is 0 Å². The molecule has 3 heteroatoms. The minimum Gasteiger partial charge on any atom is -0.259 e. The highest BCUT2D eigenvalue weighted by molar-refractivity contribution is 5.61. The molecule has 1 aromatic rings. The lowest BCUT2D eigenvalue weighted by Gasteiger charge is -2.12. The maximum Gasteiger partial charge on any atom is 0.300 e. The zero-order valence-electron chi connectivity index (χ0n) is 6.41. The number of nitrogens with one attached hydrogen (secondary N) is 1. The van der Waals surface area contributed by atoms with Gasteiger partial charge in [-0.2, -0.15) is 0 Å². The number of rotatable bonds is 0. The van der Waals surface area contributed by atoms with Crippen LogP contribution in [0.25, 0.3) is 6.08 Å². The Kier molecular flexibility index (Phi) is 1.35. The Bertz CT molecular complexity index is 293. The molecule has 0 saturated heterocycles. The van der Waals surface area contributed by atoms with Crippen LogP contribution in [0, 0.1) is 0 Å². The fourth-order valence-corrected chi connectivity index (χ4v) is 1.21. The second-order valence-electron chi connectivity index (χ2n) is 2.61. The summed E-state index contributed by atoms with van der Waals surface area (Å²) in [6.07, 6.45) is 7.74. The van der Waals surface area contributed by atoms with Gasteiger partial charge in [-0.3, -0.25) is 4.90 Å². The zero-order valence-corrected chi connectivity index (χ0v) is 6.41. The van der Waals surface area contributed by atoms with Crippen molar-refractivity contribution in [3.63, 3.8) is 0 Å². The maximum atomic E-state index is 4.21. The van der Waals surface area contributed by atoms with Gasteiger partial charge in [0.1, 0.15) is 12.7 Å². The van der Waals surface area contributed by atoms with Crippen molar-refractivity contribution in [2.24, 2.45) is 0 Å². The van der Waals surface area contributed by atoms with Crippen molar-refractivity contribution in [3.8, 4) is 0 Å². The third kappa shape index (κ3) is 0.981. The molecule has 1 aromatic heterocycles. The van der Waals surface area contributed by atoms with Gasteiger partial charge in [-0.1, -0.05) is 0 Å². The largest absolute Gasteiger partial charge is 0.300 e. The minimum atomic E-state index is 0.954. The Morgan fingerprint density at radius 2 is 2.55 bits per heavy atom. The lowest BCUT2D eigenvalue weighted by atomic mass is 10.2. The standard InChI is InChI=1S/C8H9N3/c1-11-6-2-3-7-8(11)10-5-4-9-7/h2-5H,6H2,1H3/p+1. The summed E-state index contributed by atoms with van der Waals surface area (Å²) in [5, 5.41) is 0. The summed E-state index contributed by atoms with van der Waals surface area (Å²) in [6, 6.07) is 0. The number of fused-ring (bicyclic) bond motifs is 1. The van der Waals surface area contributed by atoms with Crippen LogP contribution in [0.3, 0.4) is 0 Å². The summed E-state index contributed by atoms with van der Waals surface area (Å²) in [6.45, 7) is 0.954. The molecule has 0 saturated carbocycles. The Hall–Kier alpha value is -1.38. The quantitative estimate of drug-likeness (QED) is 0.531. The molecule has 0 spiro atoms. The number of likely N-dealkylation sites (N-methyl/N-ethyl adjacent to an activating group) is 1. The van der Waals surface area contributed by atoms with Crippen LogP contribution in [0.15, 0.2) is 18.5 Å². The molecule has 56 valence electrons. The molecule has 1 N–H and O–H groups in total. The lowest BCUT2D eigenvalue weighted by Crippen LogP contribution is -2.28. The van der Waals surface area contributed by atoms with Gasteiger partial charge < -0.3 is 0 Å². The van der Waals surface area contributed by atoms with Crippen LogP contribution in [-0.4, -0.2) is 18.6 Å². The molecule has 0 unspecified atom stereocenters. The van der Waals surface area contributed by atoms with Crippen molar-refractivity contribution in [1.29, 1.82) is 0 Å². The molecular weight excluding hydrogens is 138 g/mol. The van der Waals surface area contributed by atoms with Gasteiger partial charge in [-0.05, 0) is 12.2 Å². The lowest BCUT2D eigenvalue weighted by molar-refractivity contribution is -0.364. The Morgan fingerprint density at radius 3 is 3.36 bits per heavy atom. The first-order valence-electron chi connectivity index (χ1n) is 3.62. The number of anilines is 1. The highest BCUT2D eigenvalue weighted by Gasteiger charge is 2.16. The SMILES string of the molecule is CN1CC=Cc2ncc[nH+]c21. The number of nitrogens with zero attached hydrogens (tertiary/aromatic N) is 2. The molecule has 0 atom stereocenters. The van der Waals surface area contributed by atoms with Crippen LogP contribution in [0.1, 0.15) is 5.69 Å². The zero-order chi connectivity index (χ0) is 7.68. The molecule has 0 aliphatic carbocycles. The molecule has 0 aromatic carbocycles. The molecule has 1 aliphatic heterocycles. The molecule has 0 radical (unpaired) electrons. The summed E-state index contributed by atoms with van der Waals surface area (Å²) in [4.78, 5) is 9.49. The fraction of sp³-hybridized carbons (Fsp3) is 0.250. The van der Waals surface area contributed by atoms with E-state index in [1.165, 1.54) is 0 Å². The van der Waals surface area contributed by atoms with Crippen molar-refractivity contribution in [3.05, 3.63) is 24.2 Å². The predicted octanol–water partition coefficient (Wildman–Crippen LogP) is 0.359. The number of hydrogen-bond acceptors (Lipinski definition) is 2. The molecule has 2 heterocycles. The smallest absolute Gasteiger partial charge is 0.259 e. The molecule has 2 rings (SSSR count). The highest BCUT2D eigenvalue weighted by Crippen LogP contribution is 2.15. The first-order valence-corrected chi connectivity index (χ1v) is 3.62. The summed E-state index contributed by atoms with van der Waals surface area (Å²) >= 11 is 0. The van der Waals surface area contributed by atoms with E-state index in [0.717, 1.165) is 18.1 Å². The van der Waals surface area contributed by atoms with E-state index in [4.69, 9.17) is 0 Å². The first-order chi connectivity index (χ1) is 5.38. The molecule has 1 aliphatic rings. The van der Waals surface area contributed by atoms with Gasteiger partial charge in [0, 0.05) is 0 Å². The van der Waals surface area contributed by atoms with Gasteiger partial charge in [-0.15, -0.1) is 0 Å². The topological polar surface area (TPSA) is 30.3 Å². The first kappa shape index (κ1) is 6.34. The number of aromatic amines is 1. The van der Waals surface area contributed by atoms with Crippen molar-refractivity contribution in [2.45, 2.75) is 0 Å². The van der Waals surface area contributed by atoms with Gasteiger partial charge in [0.2, 0.25) is 0 Å². The summed E-state index contributed by atoms with van der Waals surface area (Å²) in [5.74, 6) is 1.09. The van der Waals surface area contributed by atoms with Gasteiger partial charge in [-0.25, -0.2) is 9.97 Å². The number of H-pyrrole nitrogens is 1. The van der Waals surface area contributed by atoms with Crippen LogP contribution in [0.4, 0.5) is 5.82 Å². The van der Waals surface area contributed by atoms with Crippen LogP contribution in [0.5, 0.6) is 0 Å². The van der Waals surface area contributed by atoms with E-state index in [2.05, 4.69) is 20.9 Å². The minimum absolute atomic E-state index is 0.954. The van der Waals surface area contributed by atoms with Crippen LogP contribution < -0.4 is 9.88 Å². The average molecular weight is 148 g/mol. The third-order valence-corrected chi connectivity index (χ3v) is 1.79. The van der Waals surface area contributed by atoms with E-state index >= 15 is 0 Å². The summed E-state index contributed by atoms with van der Waals surface area (Å²) in [5.41, 5.74) is 1.02. The molecule has 0 fully saturated rings. The molecule has 0 amide bonds. The van der Waals surface area contributed by atoms with E-state index in [1.807, 2.05) is 19.3 Å². The Balaban J connectivity index is 2.54.